The van der Waals surface area contributed by atoms with Gasteiger partial charge in [0, 0.05) is 20.0 Å². The molecule has 1 aromatic rings. The van der Waals surface area contributed by atoms with E-state index in [0.717, 1.165) is 12.0 Å². The number of hydrogen-bond acceptors (Lipinski definition) is 2. The lowest BCUT2D eigenvalue weighted by atomic mass is 10.2. The van der Waals surface area contributed by atoms with Crippen molar-refractivity contribution in [2.24, 2.45) is 0 Å². The van der Waals surface area contributed by atoms with Crippen molar-refractivity contribution >= 4 is 11.8 Å². The van der Waals surface area contributed by atoms with Crippen LogP contribution in [0, 0.1) is 5.82 Å². The Morgan fingerprint density at radius 1 is 1.26 bits per heavy atom. The average Bonchev–Trinajstić information content (AvgIpc) is 2.37. The molecule has 0 heterocycles. The van der Waals surface area contributed by atoms with Crippen molar-refractivity contribution in [3.63, 3.8) is 0 Å². The summed E-state index contributed by atoms with van der Waals surface area (Å²) in [6, 6.07) is 5.93. The summed E-state index contributed by atoms with van der Waals surface area (Å²) in [6.07, 6.45) is 0.810. The molecule has 0 aliphatic heterocycles. The van der Waals surface area contributed by atoms with E-state index in [0.29, 0.717) is 13.1 Å². The van der Waals surface area contributed by atoms with Gasteiger partial charge < -0.3 is 10.2 Å². The van der Waals surface area contributed by atoms with Crippen LogP contribution in [-0.4, -0.2) is 29.8 Å². The van der Waals surface area contributed by atoms with E-state index in [1.54, 1.807) is 12.1 Å². The van der Waals surface area contributed by atoms with E-state index in [-0.39, 0.29) is 24.2 Å². The molecule has 1 aromatic carbocycles. The lowest BCUT2D eigenvalue weighted by Crippen LogP contribution is -2.39. The zero-order valence-electron chi connectivity index (χ0n) is 11.3. The van der Waals surface area contributed by atoms with Gasteiger partial charge >= 0.3 is 0 Å². The van der Waals surface area contributed by atoms with Crippen LogP contribution in [0.2, 0.25) is 0 Å². The summed E-state index contributed by atoms with van der Waals surface area (Å²) in [5.74, 6) is -0.632. The summed E-state index contributed by atoms with van der Waals surface area (Å²) in [5, 5.41) is 2.71. The third kappa shape index (κ3) is 5.50. The van der Waals surface area contributed by atoms with E-state index in [9.17, 15) is 14.0 Å². The fourth-order valence-corrected chi connectivity index (χ4v) is 1.65. The molecule has 0 aliphatic carbocycles. The van der Waals surface area contributed by atoms with Gasteiger partial charge in [-0.2, -0.15) is 0 Å². The highest BCUT2D eigenvalue weighted by molar-refractivity contribution is 5.83. The van der Waals surface area contributed by atoms with Crippen molar-refractivity contribution in [2.75, 3.05) is 13.1 Å². The highest BCUT2D eigenvalue weighted by atomic mass is 19.1. The van der Waals surface area contributed by atoms with Crippen molar-refractivity contribution < 1.29 is 14.0 Å². The van der Waals surface area contributed by atoms with Crippen molar-refractivity contribution in [2.45, 2.75) is 26.8 Å². The SMILES string of the molecule is CCCN(CC(=O)NCc1ccc(F)cc1)C(C)=O. The number of hydrogen-bond donors (Lipinski definition) is 1. The molecule has 0 saturated carbocycles. The zero-order chi connectivity index (χ0) is 14.3. The van der Waals surface area contributed by atoms with Crippen LogP contribution in [0.15, 0.2) is 24.3 Å². The van der Waals surface area contributed by atoms with Crippen LogP contribution < -0.4 is 5.32 Å². The summed E-state index contributed by atoms with van der Waals surface area (Å²) in [7, 11) is 0. The molecule has 0 radical (unpaired) electrons. The first-order valence-corrected chi connectivity index (χ1v) is 6.29. The highest BCUT2D eigenvalue weighted by Crippen LogP contribution is 2.02. The van der Waals surface area contributed by atoms with Crippen LogP contribution in [0.4, 0.5) is 4.39 Å². The van der Waals surface area contributed by atoms with E-state index < -0.39 is 0 Å². The molecule has 5 heteroatoms. The van der Waals surface area contributed by atoms with E-state index in [4.69, 9.17) is 0 Å². The molecule has 0 spiro atoms. The molecule has 0 aliphatic rings. The lowest BCUT2D eigenvalue weighted by molar-refractivity contribution is -0.134. The number of amides is 2. The summed E-state index contributed by atoms with van der Waals surface area (Å²) >= 11 is 0. The van der Waals surface area contributed by atoms with Gasteiger partial charge in [-0.15, -0.1) is 0 Å². The smallest absolute Gasteiger partial charge is 0.239 e. The van der Waals surface area contributed by atoms with Crippen LogP contribution in [0.25, 0.3) is 0 Å². The Morgan fingerprint density at radius 2 is 1.89 bits per heavy atom. The number of nitrogens with zero attached hydrogens (tertiary/aromatic N) is 1. The van der Waals surface area contributed by atoms with Crippen LogP contribution >= 0.6 is 0 Å². The van der Waals surface area contributed by atoms with Crippen molar-refractivity contribution in [3.05, 3.63) is 35.6 Å². The zero-order valence-corrected chi connectivity index (χ0v) is 11.3. The number of halogens is 1. The summed E-state index contributed by atoms with van der Waals surface area (Å²) in [5.41, 5.74) is 0.819. The molecule has 1 rings (SSSR count). The quantitative estimate of drug-likeness (QED) is 0.852. The minimum absolute atomic E-state index is 0.0599. The largest absolute Gasteiger partial charge is 0.350 e. The highest BCUT2D eigenvalue weighted by Gasteiger charge is 2.12. The molecular formula is C14H19FN2O2. The molecule has 0 aromatic heterocycles. The third-order valence-corrected chi connectivity index (χ3v) is 2.68. The fraction of sp³-hybridized carbons (Fsp3) is 0.429. The van der Waals surface area contributed by atoms with Crippen molar-refractivity contribution in [1.29, 1.82) is 0 Å². The number of carbonyl (C=O) groups is 2. The lowest BCUT2D eigenvalue weighted by Gasteiger charge is -2.19. The molecule has 0 unspecified atom stereocenters. The Morgan fingerprint density at radius 3 is 2.42 bits per heavy atom. The minimum atomic E-state index is -0.305. The maximum absolute atomic E-state index is 12.7. The summed E-state index contributed by atoms with van der Waals surface area (Å²) in [6.45, 7) is 4.36. The molecule has 19 heavy (non-hydrogen) atoms. The van der Waals surface area contributed by atoms with E-state index in [1.807, 2.05) is 6.92 Å². The Hall–Kier alpha value is -1.91. The first kappa shape index (κ1) is 15.1. The molecule has 0 bridgehead atoms. The fourth-order valence-electron chi connectivity index (χ4n) is 1.65. The van der Waals surface area contributed by atoms with Gasteiger partial charge in [0.2, 0.25) is 11.8 Å². The second-order valence-electron chi connectivity index (χ2n) is 4.34. The topological polar surface area (TPSA) is 49.4 Å². The molecule has 2 amide bonds. The minimum Gasteiger partial charge on any atom is -0.350 e. The van der Waals surface area contributed by atoms with Crippen LogP contribution in [0.5, 0.6) is 0 Å². The summed E-state index contributed by atoms with van der Waals surface area (Å²) in [4.78, 5) is 24.5. The van der Waals surface area contributed by atoms with Crippen LogP contribution in [0.3, 0.4) is 0 Å². The Kier molecular flexibility index (Phi) is 5.99. The molecule has 1 N–H and O–H groups in total. The van der Waals surface area contributed by atoms with Gasteiger partial charge in [0.25, 0.3) is 0 Å². The number of nitrogens with one attached hydrogen (secondary N) is 1. The summed E-state index contributed by atoms with van der Waals surface area (Å²) < 4.78 is 12.7. The van der Waals surface area contributed by atoms with Crippen molar-refractivity contribution in [3.8, 4) is 0 Å². The van der Waals surface area contributed by atoms with Gasteiger partial charge in [0.05, 0.1) is 6.54 Å². The number of rotatable bonds is 6. The average molecular weight is 266 g/mol. The second-order valence-corrected chi connectivity index (χ2v) is 4.34. The second kappa shape index (κ2) is 7.51. The standard InChI is InChI=1S/C14H19FN2O2/c1-3-8-17(11(2)18)10-14(19)16-9-12-4-6-13(15)7-5-12/h4-7H,3,8-10H2,1-2H3,(H,16,19). The number of carbonyl (C=O) groups excluding carboxylic acids is 2. The van der Waals surface area contributed by atoms with Gasteiger partial charge in [0.15, 0.2) is 0 Å². The van der Waals surface area contributed by atoms with E-state index in [2.05, 4.69) is 5.32 Å². The Balaban J connectivity index is 2.42. The van der Waals surface area contributed by atoms with Gasteiger partial charge in [0.1, 0.15) is 5.82 Å². The normalized spacial score (nSPS) is 10.1. The van der Waals surface area contributed by atoms with Crippen LogP contribution in [0.1, 0.15) is 25.8 Å². The molecule has 0 saturated heterocycles. The van der Waals surface area contributed by atoms with Gasteiger partial charge in [-0.1, -0.05) is 19.1 Å². The Bertz CT molecular complexity index is 432. The third-order valence-electron chi connectivity index (χ3n) is 2.68. The van der Waals surface area contributed by atoms with Gasteiger partial charge in [-0.25, -0.2) is 4.39 Å². The monoisotopic (exact) mass is 266 g/mol. The first-order valence-electron chi connectivity index (χ1n) is 6.29. The molecule has 0 atom stereocenters. The van der Waals surface area contributed by atoms with Gasteiger partial charge in [-0.05, 0) is 24.1 Å². The Labute approximate surface area is 112 Å². The molecule has 104 valence electrons. The molecule has 0 fully saturated rings. The number of benzene rings is 1. The molecular weight excluding hydrogens is 247 g/mol. The van der Waals surface area contributed by atoms with Crippen molar-refractivity contribution in [1.82, 2.24) is 10.2 Å². The van der Waals surface area contributed by atoms with E-state index in [1.165, 1.54) is 24.0 Å². The van der Waals surface area contributed by atoms with Crippen LogP contribution in [-0.2, 0) is 16.1 Å². The predicted molar refractivity (Wildman–Crippen MR) is 70.8 cm³/mol. The van der Waals surface area contributed by atoms with Gasteiger partial charge in [-0.3, -0.25) is 9.59 Å². The maximum atomic E-state index is 12.7. The van der Waals surface area contributed by atoms with E-state index >= 15 is 0 Å². The predicted octanol–water partition coefficient (Wildman–Crippen LogP) is 1.70. The maximum Gasteiger partial charge on any atom is 0.239 e. The first-order chi connectivity index (χ1) is 9.02. The molecule has 4 nitrogen and oxygen atoms in total.